The van der Waals surface area contributed by atoms with Crippen LogP contribution in [0.2, 0.25) is 0 Å². The lowest BCUT2D eigenvalue weighted by molar-refractivity contribution is 0.0272. The molecule has 0 spiro atoms. The van der Waals surface area contributed by atoms with E-state index in [1.807, 2.05) is 0 Å². The monoisotopic (exact) mass is 708 g/mol. The zero-order chi connectivity index (χ0) is 36.4. The largest absolute Gasteiger partial charge is 0.394 e. The zero-order valence-corrected chi connectivity index (χ0v) is 30.0. The van der Waals surface area contributed by atoms with E-state index < -0.39 is 12.1 Å². The average molecular weight is 709 g/mol. The van der Waals surface area contributed by atoms with E-state index in [1.165, 1.54) is 29.1 Å². The van der Waals surface area contributed by atoms with E-state index >= 15 is 0 Å². The zero-order valence-electron chi connectivity index (χ0n) is 30.0. The van der Waals surface area contributed by atoms with Gasteiger partial charge in [-0.1, -0.05) is 56.3 Å². The van der Waals surface area contributed by atoms with Crippen molar-refractivity contribution in [3.8, 4) is 22.3 Å². The molecule has 2 fully saturated rings. The van der Waals surface area contributed by atoms with Crippen molar-refractivity contribution in [3.05, 3.63) is 101 Å². The summed E-state index contributed by atoms with van der Waals surface area (Å²) >= 11 is 0. The molecule has 2 aromatic heterocycles. The number of amides is 1. The first-order valence-electron chi connectivity index (χ1n) is 18.4. The number of nitrogen functional groups attached to an aromatic ring is 1. The number of carbonyl (C=O) groups is 1. The maximum Gasteiger partial charge on any atom is 0.255 e. The molecule has 1 amide bonds. The minimum atomic E-state index is -0.681. The normalized spacial score (nSPS) is 22.3. The average Bonchev–Trinajstić information content (AvgIpc) is 3.71. The number of anilines is 1. The van der Waals surface area contributed by atoms with Crippen molar-refractivity contribution in [2.24, 2.45) is 0 Å². The Kier molecular flexibility index (Phi) is 10.7. The third kappa shape index (κ3) is 7.74. The molecule has 2 aromatic carbocycles. The molecular weight excluding hydrogens is 659 g/mol. The molecule has 1 saturated heterocycles. The summed E-state index contributed by atoms with van der Waals surface area (Å²) in [4.78, 5) is 26.0. The summed E-state index contributed by atoms with van der Waals surface area (Å²) in [6.45, 7) is 9.13. The van der Waals surface area contributed by atoms with Crippen LogP contribution in [0.25, 0.3) is 22.3 Å². The number of aliphatic hydroxyl groups is 2. The number of nitrogens with one attached hydrogen (secondary N) is 1. The van der Waals surface area contributed by atoms with Gasteiger partial charge in [-0.15, -0.1) is 0 Å². The minimum absolute atomic E-state index is 0.0591. The van der Waals surface area contributed by atoms with E-state index in [-0.39, 0.29) is 47.0 Å². The number of hydrogen-bond donors (Lipinski definition) is 4. The second-order valence-corrected chi connectivity index (χ2v) is 15.1. The van der Waals surface area contributed by atoms with Crippen LogP contribution >= 0.6 is 0 Å². The van der Waals surface area contributed by atoms with E-state index in [9.17, 15) is 19.4 Å². The van der Waals surface area contributed by atoms with Crippen molar-refractivity contribution in [1.29, 1.82) is 0 Å². The Morgan fingerprint density at radius 3 is 2.56 bits per heavy atom. The Morgan fingerprint density at radius 2 is 1.81 bits per heavy atom. The number of pyridine rings is 2. The second-order valence-electron chi connectivity index (χ2n) is 15.1. The number of benzene rings is 2. The van der Waals surface area contributed by atoms with Gasteiger partial charge in [-0.25, -0.2) is 9.97 Å². The summed E-state index contributed by atoms with van der Waals surface area (Å²) in [6.07, 6.45) is 5.64. The van der Waals surface area contributed by atoms with E-state index in [0.717, 1.165) is 63.0 Å². The molecule has 5 N–H and O–H groups in total. The number of hydrogen-bond acceptors (Lipinski definition) is 9. The van der Waals surface area contributed by atoms with Crippen molar-refractivity contribution in [1.82, 2.24) is 25.1 Å². The number of piperazine rings is 1. The van der Waals surface area contributed by atoms with Crippen LogP contribution in [-0.2, 0) is 16.8 Å². The van der Waals surface area contributed by atoms with E-state index in [1.54, 1.807) is 18.2 Å². The number of carbonyl (C=O) groups excluding carboxylic acids is 1. The molecule has 4 atom stereocenters. The summed E-state index contributed by atoms with van der Waals surface area (Å²) < 4.78 is 20.7. The number of rotatable bonds is 11. The molecule has 0 radical (unpaired) electrons. The van der Waals surface area contributed by atoms with Crippen molar-refractivity contribution >= 4 is 11.7 Å². The topological polar surface area (TPSA) is 137 Å². The van der Waals surface area contributed by atoms with Crippen LogP contribution in [0, 0.1) is 5.95 Å². The summed E-state index contributed by atoms with van der Waals surface area (Å²) in [7, 11) is 0. The van der Waals surface area contributed by atoms with Gasteiger partial charge in [0.1, 0.15) is 5.82 Å². The van der Waals surface area contributed by atoms with Gasteiger partial charge in [-0.3, -0.25) is 14.6 Å². The van der Waals surface area contributed by atoms with E-state index in [0.29, 0.717) is 24.8 Å². The van der Waals surface area contributed by atoms with Gasteiger partial charge < -0.3 is 26.0 Å². The maximum absolute atomic E-state index is 14.3. The predicted octanol–water partition coefficient (Wildman–Crippen LogP) is 5.09. The molecule has 274 valence electrons. The van der Waals surface area contributed by atoms with Gasteiger partial charge in [0.05, 0.1) is 37.0 Å². The summed E-state index contributed by atoms with van der Waals surface area (Å²) in [6, 6.07) is 20.4. The first-order valence-corrected chi connectivity index (χ1v) is 18.4. The number of nitrogens with two attached hydrogens (primary N) is 1. The van der Waals surface area contributed by atoms with Crippen LogP contribution in [0.15, 0.2) is 73.1 Å². The molecule has 1 saturated carbocycles. The van der Waals surface area contributed by atoms with Crippen molar-refractivity contribution < 1.29 is 24.1 Å². The van der Waals surface area contributed by atoms with Gasteiger partial charge in [0, 0.05) is 62.3 Å². The number of aliphatic hydroxyl groups excluding tert-OH is 2. The van der Waals surface area contributed by atoms with Crippen molar-refractivity contribution in [3.63, 3.8) is 0 Å². The van der Waals surface area contributed by atoms with Gasteiger partial charge in [0.2, 0.25) is 5.95 Å². The highest BCUT2D eigenvalue weighted by Gasteiger charge is 2.40. The molecule has 1 aliphatic heterocycles. The Labute approximate surface area is 304 Å². The van der Waals surface area contributed by atoms with E-state index in [4.69, 9.17) is 10.5 Å². The third-order valence-electron chi connectivity index (χ3n) is 11.1. The molecule has 0 bridgehead atoms. The molecule has 52 heavy (non-hydrogen) atoms. The van der Waals surface area contributed by atoms with Crippen LogP contribution in [0.3, 0.4) is 0 Å². The molecule has 3 heterocycles. The highest BCUT2D eigenvalue weighted by Crippen LogP contribution is 2.48. The smallest absolute Gasteiger partial charge is 0.255 e. The highest BCUT2D eigenvalue weighted by molar-refractivity contribution is 5.99. The summed E-state index contributed by atoms with van der Waals surface area (Å²) in [5, 5.41) is 22.2. The van der Waals surface area contributed by atoms with Gasteiger partial charge >= 0.3 is 0 Å². The fraction of sp³-hybridized carbons (Fsp3) is 0.439. The maximum atomic E-state index is 14.3. The quantitative estimate of drug-likeness (QED) is 0.157. The first-order chi connectivity index (χ1) is 25.1. The lowest BCUT2D eigenvalue weighted by atomic mass is 9.85. The fourth-order valence-corrected chi connectivity index (χ4v) is 8.19. The molecule has 10 nitrogen and oxygen atoms in total. The Balaban J connectivity index is 0.961. The lowest BCUT2D eigenvalue weighted by Gasteiger charge is -2.39. The van der Waals surface area contributed by atoms with Crippen molar-refractivity contribution in [2.75, 3.05) is 45.1 Å². The predicted molar refractivity (Wildman–Crippen MR) is 199 cm³/mol. The number of fused-ring (bicyclic) bond motifs is 1. The molecule has 4 aromatic rings. The first kappa shape index (κ1) is 36.1. The number of β-amino-alcohol motifs (C(OH)–C–C–N with tert-alkyl or cyclic N) is 1. The number of halogens is 1. The molecule has 7 rings (SSSR count). The molecule has 2 aliphatic carbocycles. The second kappa shape index (κ2) is 15.4. The van der Waals surface area contributed by atoms with Crippen molar-refractivity contribution in [2.45, 2.75) is 75.8 Å². The summed E-state index contributed by atoms with van der Waals surface area (Å²) in [5.74, 6) is -0.912. The van der Waals surface area contributed by atoms with Crippen LogP contribution < -0.4 is 11.1 Å². The summed E-state index contributed by atoms with van der Waals surface area (Å²) in [5.41, 5.74) is 13.3. The molecule has 11 heteroatoms. The van der Waals surface area contributed by atoms with Crippen LogP contribution in [0.4, 0.5) is 10.2 Å². The number of aromatic nitrogens is 2. The third-order valence-corrected chi connectivity index (χ3v) is 11.1. The standard InChI is InChI=1S/C41H49FN6O4/c1-41(2)21-36(48-17-15-47(16-18-48)23-30(50)24-49)32-13-12-28(20-34(32)41)27-10-8-26(9-11-27)25-52-37-7-3-6-35(37)46-40(51)33-19-29(22-45-39(33)43)31-5-4-14-44-38(31)42/h4-5,8-14,19-20,22,30,35-37,49-50H,3,6-7,15-18,21,23-25H2,1-2H3,(H2,43,45)(H,46,51)/t30-,35-,36-,37-/m0/s1. The molecule has 3 aliphatic rings. The minimum Gasteiger partial charge on any atom is -0.394 e. The number of nitrogens with zero attached hydrogens (tertiary/aromatic N) is 4. The number of ether oxygens (including phenoxy) is 1. The van der Waals surface area contributed by atoms with Gasteiger partial charge in [0.15, 0.2) is 0 Å². The Hall–Kier alpha value is -4.26. The van der Waals surface area contributed by atoms with Gasteiger partial charge in [0.25, 0.3) is 5.91 Å². The fourth-order valence-electron chi connectivity index (χ4n) is 8.19. The Bertz CT molecular complexity index is 1880. The highest BCUT2D eigenvalue weighted by atomic mass is 19.1. The van der Waals surface area contributed by atoms with E-state index in [2.05, 4.69) is 81.4 Å². The van der Waals surface area contributed by atoms with Crippen LogP contribution in [0.1, 0.15) is 72.6 Å². The molecular formula is C41H49FN6O4. The lowest BCUT2D eigenvalue weighted by Crippen LogP contribution is -2.49. The Morgan fingerprint density at radius 1 is 1.04 bits per heavy atom. The van der Waals surface area contributed by atoms with Crippen LogP contribution in [-0.4, -0.2) is 93.5 Å². The SMILES string of the molecule is CC1(C)C[C@H](N2CCN(C[C@H](O)CO)CC2)c2ccc(-c3ccc(CO[C@H]4CCC[C@@H]4NC(=O)c4cc(-c5cccnc5F)cnc4N)cc3)cc21. The van der Waals surface area contributed by atoms with Gasteiger partial charge in [-0.05, 0) is 77.1 Å². The molecule has 0 unspecified atom stereocenters. The van der Waals surface area contributed by atoms with Crippen LogP contribution in [0.5, 0.6) is 0 Å². The van der Waals surface area contributed by atoms with Gasteiger partial charge in [-0.2, -0.15) is 4.39 Å².